The van der Waals surface area contributed by atoms with Crippen LogP contribution in [0.5, 0.6) is 5.75 Å². The summed E-state index contributed by atoms with van der Waals surface area (Å²) >= 11 is 0. The highest BCUT2D eigenvalue weighted by molar-refractivity contribution is 5.95. The number of rotatable bonds is 4. The molecule has 4 heteroatoms. The molecule has 0 saturated carbocycles. The smallest absolute Gasteiger partial charge is 0.251 e. The summed E-state index contributed by atoms with van der Waals surface area (Å²) in [7, 11) is 1.63. The van der Waals surface area contributed by atoms with Crippen molar-refractivity contribution in [2.75, 3.05) is 7.11 Å². The van der Waals surface area contributed by atoms with Gasteiger partial charge in [0.2, 0.25) is 0 Å². The molecule has 1 atom stereocenters. The maximum Gasteiger partial charge on any atom is 0.251 e. The Morgan fingerprint density at radius 1 is 1.09 bits per heavy atom. The molecule has 0 radical (unpaired) electrons. The standard InChI is InChI=1S/C19H18N2O2/c1-13(21-19(22)14-7-4-3-5-8-14)15-10-11-17(23-2)18-16(15)9-6-12-20-18/h3-13H,1-2H3,(H,21,22). The van der Waals surface area contributed by atoms with Gasteiger partial charge < -0.3 is 10.1 Å². The van der Waals surface area contributed by atoms with Crippen molar-refractivity contribution in [1.29, 1.82) is 0 Å². The summed E-state index contributed by atoms with van der Waals surface area (Å²) in [5.74, 6) is 0.636. The van der Waals surface area contributed by atoms with Crippen LogP contribution in [0, 0.1) is 0 Å². The minimum atomic E-state index is -0.139. The summed E-state index contributed by atoms with van der Waals surface area (Å²) in [4.78, 5) is 16.7. The monoisotopic (exact) mass is 306 g/mol. The summed E-state index contributed by atoms with van der Waals surface area (Å²) in [6.45, 7) is 1.97. The third-order valence-corrected chi connectivity index (χ3v) is 3.84. The van der Waals surface area contributed by atoms with Crippen molar-refractivity contribution >= 4 is 16.8 Å². The molecule has 2 aromatic carbocycles. The van der Waals surface area contributed by atoms with E-state index in [0.29, 0.717) is 5.56 Å². The molecular formula is C19H18N2O2. The van der Waals surface area contributed by atoms with Crippen molar-refractivity contribution in [3.05, 3.63) is 71.9 Å². The highest BCUT2D eigenvalue weighted by Crippen LogP contribution is 2.29. The van der Waals surface area contributed by atoms with E-state index in [1.54, 1.807) is 25.4 Å². The van der Waals surface area contributed by atoms with E-state index >= 15 is 0 Å². The van der Waals surface area contributed by atoms with Gasteiger partial charge in [0.05, 0.1) is 13.2 Å². The fraction of sp³-hybridized carbons (Fsp3) is 0.158. The SMILES string of the molecule is COc1ccc(C(C)NC(=O)c2ccccc2)c2cccnc12. The first-order chi connectivity index (χ1) is 11.2. The quantitative estimate of drug-likeness (QED) is 0.799. The second-order valence-corrected chi connectivity index (χ2v) is 5.32. The Labute approximate surface area is 135 Å². The van der Waals surface area contributed by atoms with Crippen molar-refractivity contribution < 1.29 is 9.53 Å². The molecule has 1 aromatic heterocycles. The Bertz CT molecular complexity index is 831. The summed E-state index contributed by atoms with van der Waals surface area (Å²) < 4.78 is 5.36. The number of ether oxygens (including phenoxy) is 1. The van der Waals surface area contributed by atoms with Crippen molar-refractivity contribution in [3.8, 4) is 5.75 Å². The predicted octanol–water partition coefficient (Wildman–Crippen LogP) is 3.73. The van der Waals surface area contributed by atoms with Crippen molar-refractivity contribution in [3.63, 3.8) is 0 Å². The molecule has 0 fully saturated rings. The number of aromatic nitrogens is 1. The van der Waals surface area contributed by atoms with Gasteiger partial charge >= 0.3 is 0 Å². The summed E-state index contributed by atoms with van der Waals surface area (Å²) in [6, 6.07) is 16.8. The van der Waals surface area contributed by atoms with Gasteiger partial charge in [-0.1, -0.05) is 30.3 Å². The van der Waals surface area contributed by atoms with Gasteiger partial charge in [-0.15, -0.1) is 0 Å². The lowest BCUT2D eigenvalue weighted by molar-refractivity contribution is 0.0940. The highest BCUT2D eigenvalue weighted by atomic mass is 16.5. The first-order valence-corrected chi connectivity index (χ1v) is 7.48. The van der Waals surface area contributed by atoms with E-state index in [4.69, 9.17) is 4.74 Å². The van der Waals surface area contributed by atoms with Crippen molar-refractivity contribution in [2.24, 2.45) is 0 Å². The topological polar surface area (TPSA) is 51.2 Å². The number of fused-ring (bicyclic) bond motifs is 1. The molecule has 0 bridgehead atoms. The minimum absolute atomic E-state index is 0.0917. The predicted molar refractivity (Wildman–Crippen MR) is 90.6 cm³/mol. The number of nitrogens with zero attached hydrogens (tertiary/aromatic N) is 1. The molecule has 3 aromatic rings. The first-order valence-electron chi connectivity index (χ1n) is 7.48. The fourth-order valence-corrected chi connectivity index (χ4v) is 2.66. The molecule has 0 aliphatic rings. The molecule has 0 aliphatic carbocycles. The van der Waals surface area contributed by atoms with E-state index in [-0.39, 0.29) is 11.9 Å². The van der Waals surface area contributed by atoms with Crippen LogP contribution < -0.4 is 10.1 Å². The van der Waals surface area contributed by atoms with Gasteiger partial charge in [-0.05, 0) is 36.8 Å². The Kier molecular flexibility index (Phi) is 4.24. The molecule has 116 valence electrons. The third-order valence-electron chi connectivity index (χ3n) is 3.84. The van der Waals surface area contributed by atoms with E-state index < -0.39 is 0 Å². The fourth-order valence-electron chi connectivity index (χ4n) is 2.66. The van der Waals surface area contributed by atoms with Crippen LogP contribution in [0.4, 0.5) is 0 Å². The van der Waals surface area contributed by atoms with Crippen LogP contribution >= 0.6 is 0 Å². The average Bonchev–Trinajstić information content (AvgIpc) is 2.61. The number of nitrogens with one attached hydrogen (secondary N) is 1. The number of hydrogen-bond donors (Lipinski definition) is 1. The van der Waals surface area contributed by atoms with Gasteiger partial charge in [0.25, 0.3) is 5.91 Å². The van der Waals surface area contributed by atoms with E-state index in [2.05, 4.69) is 10.3 Å². The molecule has 1 heterocycles. The third kappa shape index (κ3) is 3.01. The number of hydrogen-bond acceptors (Lipinski definition) is 3. The normalized spacial score (nSPS) is 11.9. The lowest BCUT2D eigenvalue weighted by Gasteiger charge is -2.17. The second-order valence-electron chi connectivity index (χ2n) is 5.32. The largest absolute Gasteiger partial charge is 0.494 e. The lowest BCUT2D eigenvalue weighted by Crippen LogP contribution is -2.26. The molecule has 4 nitrogen and oxygen atoms in total. The van der Waals surface area contributed by atoms with Gasteiger partial charge in [-0.25, -0.2) is 0 Å². The number of pyridine rings is 1. The molecule has 1 unspecified atom stereocenters. The van der Waals surface area contributed by atoms with Gasteiger partial charge in [0.1, 0.15) is 11.3 Å². The first kappa shape index (κ1) is 15.0. The number of carbonyl (C=O) groups excluding carboxylic acids is 1. The van der Waals surface area contributed by atoms with Crippen molar-refractivity contribution in [2.45, 2.75) is 13.0 Å². The molecule has 1 amide bonds. The van der Waals surface area contributed by atoms with Crippen LogP contribution in [0.25, 0.3) is 10.9 Å². The van der Waals surface area contributed by atoms with Gasteiger partial charge in [-0.3, -0.25) is 9.78 Å². The molecule has 0 aliphatic heterocycles. The van der Waals surface area contributed by atoms with E-state index in [1.807, 2.05) is 49.4 Å². The van der Waals surface area contributed by atoms with Crippen LogP contribution in [0.3, 0.4) is 0 Å². The molecule has 1 N–H and O–H groups in total. The number of amides is 1. The van der Waals surface area contributed by atoms with E-state index in [9.17, 15) is 4.79 Å². The summed E-state index contributed by atoms with van der Waals surface area (Å²) in [5, 5.41) is 4.01. The van der Waals surface area contributed by atoms with Crippen LogP contribution in [-0.4, -0.2) is 18.0 Å². The highest BCUT2D eigenvalue weighted by Gasteiger charge is 2.15. The van der Waals surface area contributed by atoms with E-state index in [0.717, 1.165) is 22.2 Å². The Balaban J connectivity index is 1.92. The lowest BCUT2D eigenvalue weighted by atomic mass is 10.0. The maximum atomic E-state index is 12.3. The molecule has 3 rings (SSSR count). The summed E-state index contributed by atoms with van der Waals surface area (Å²) in [5.41, 5.74) is 2.46. The zero-order chi connectivity index (χ0) is 16.2. The van der Waals surface area contributed by atoms with Gasteiger partial charge in [0, 0.05) is 17.1 Å². The zero-order valence-electron chi connectivity index (χ0n) is 13.1. The Morgan fingerprint density at radius 2 is 1.87 bits per heavy atom. The Morgan fingerprint density at radius 3 is 2.61 bits per heavy atom. The van der Waals surface area contributed by atoms with E-state index in [1.165, 1.54) is 0 Å². The van der Waals surface area contributed by atoms with Crippen LogP contribution in [-0.2, 0) is 0 Å². The van der Waals surface area contributed by atoms with Gasteiger partial charge in [0.15, 0.2) is 0 Å². The molecule has 0 spiro atoms. The summed E-state index contributed by atoms with van der Waals surface area (Å²) in [6.07, 6.45) is 1.74. The van der Waals surface area contributed by atoms with Crippen LogP contribution in [0.2, 0.25) is 0 Å². The minimum Gasteiger partial charge on any atom is -0.494 e. The molecular weight excluding hydrogens is 288 g/mol. The average molecular weight is 306 g/mol. The molecule has 23 heavy (non-hydrogen) atoms. The van der Waals surface area contributed by atoms with Crippen molar-refractivity contribution in [1.82, 2.24) is 10.3 Å². The number of carbonyl (C=O) groups is 1. The Hall–Kier alpha value is -2.88. The number of methoxy groups -OCH3 is 1. The number of benzene rings is 2. The maximum absolute atomic E-state index is 12.3. The zero-order valence-corrected chi connectivity index (χ0v) is 13.1. The second kappa shape index (κ2) is 6.48. The van der Waals surface area contributed by atoms with Gasteiger partial charge in [-0.2, -0.15) is 0 Å². The van der Waals surface area contributed by atoms with Crippen LogP contribution in [0.1, 0.15) is 28.9 Å². The molecule has 0 saturated heterocycles. The van der Waals surface area contributed by atoms with Crippen LogP contribution in [0.15, 0.2) is 60.8 Å².